The zero-order valence-corrected chi connectivity index (χ0v) is 18.8. The van der Waals surface area contributed by atoms with Crippen LogP contribution in [0.1, 0.15) is 10.5 Å². The fourth-order valence-corrected chi connectivity index (χ4v) is 4.26. The molecule has 1 saturated heterocycles. The van der Waals surface area contributed by atoms with Crippen LogP contribution in [0.3, 0.4) is 0 Å². The lowest BCUT2D eigenvalue weighted by Gasteiger charge is -2.19. The summed E-state index contributed by atoms with van der Waals surface area (Å²) in [4.78, 5) is 21.7. The largest absolute Gasteiger partial charge is 0.479 e. The molecular weight excluding hydrogens is 472 g/mol. The van der Waals surface area contributed by atoms with Gasteiger partial charge in [0.25, 0.3) is 11.8 Å². The number of anilines is 1. The second-order valence-electron chi connectivity index (χ2n) is 8.24. The molecule has 1 aliphatic heterocycles. The number of methoxy groups -OCH3 is 1. The average Bonchev–Trinajstić information content (AvgIpc) is 3.44. The van der Waals surface area contributed by atoms with E-state index in [0.29, 0.717) is 0 Å². The molecule has 5 heterocycles. The van der Waals surface area contributed by atoms with Crippen LogP contribution < -0.4 is 15.4 Å². The van der Waals surface area contributed by atoms with E-state index < -0.39 is 36.1 Å². The van der Waals surface area contributed by atoms with Gasteiger partial charge in [-0.3, -0.25) is 14.1 Å². The molecule has 5 rings (SSSR count). The van der Waals surface area contributed by atoms with Crippen molar-refractivity contribution >= 4 is 23.0 Å². The zero-order valence-electron chi connectivity index (χ0n) is 18.8. The normalized spacial score (nSPS) is 17.9. The third kappa shape index (κ3) is 3.69. The van der Waals surface area contributed by atoms with Crippen molar-refractivity contribution < 1.29 is 27.1 Å². The number of hydrogen-bond acceptors (Lipinski definition) is 7. The number of carbonyl (C=O) groups is 1. The van der Waals surface area contributed by atoms with Gasteiger partial charge in [0.05, 0.1) is 31.6 Å². The molecule has 1 aliphatic rings. The Labute approximate surface area is 195 Å². The summed E-state index contributed by atoms with van der Waals surface area (Å²) in [6.45, 7) is -0.369. The Morgan fingerprint density at radius 3 is 2.69 bits per heavy atom. The Bertz CT molecular complexity index is 1470. The molecular formula is C21H20F4N8O2. The summed E-state index contributed by atoms with van der Waals surface area (Å²) in [5.74, 6) is -5.42. The van der Waals surface area contributed by atoms with Gasteiger partial charge in [0, 0.05) is 25.4 Å². The van der Waals surface area contributed by atoms with Gasteiger partial charge >= 0.3 is 0 Å². The molecule has 4 aromatic rings. The van der Waals surface area contributed by atoms with E-state index in [-0.39, 0.29) is 46.4 Å². The number of likely N-dealkylation sites (N-methyl/N-ethyl adjacent to an activating group) is 1. The van der Waals surface area contributed by atoms with Crippen molar-refractivity contribution in [2.24, 2.45) is 0 Å². The quantitative estimate of drug-likeness (QED) is 0.412. The highest BCUT2D eigenvalue weighted by atomic mass is 19.3. The fourth-order valence-electron chi connectivity index (χ4n) is 4.26. The van der Waals surface area contributed by atoms with Crippen LogP contribution in [-0.2, 0) is 0 Å². The van der Waals surface area contributed by atoms with E-state index in [1.165, 1.54) is 35.9 Å². The maximum absolute atomic E-state index is 15.2. The Hall–Kier alpha value is -3.94. The van der Waals surface area contributed by atoms with E-state index in [1.807, 2.05) is 0 Å². The van der Waals surface area contributed by atoms with E-state index in [1.54, 1.807) is 7.05 Å². The number of rotatable bonds is 5. The number of fused-ring (bicyclic) bond motifs is 2. The van der Waals surface area contributed by atoms with Crippen LogP contribution in [0.15, 0.2) is 24.7 Å². The lowest BCUT2D eigenvalue weighted by molar-refractivity contribution is 0.00582. The Morgan fingerprint density at radius 2 is 2.03 bits per heavy atom. The molecule has 1 fully saturated rings. The van der Waals surface area contributed by atoms with Crippen LogP contribution in [-0.4, -0.2) is 81.0 Å². The highest BCUT2D eigenvalue weighted by molar-refractivity contribution is 5.93. The van der Waals surface area contributed by atoms with Gasteiger partial charge in [0.2, 0.25) is 11.8 Å². The summed E-state index contributed by atoms with van der Waals surface area (Å²) in [5, 5.41) is 9.16. The number of alkyl halides is 2. The van der Waals surface area contributed by atoms with Crippen LogP contribution in [0.4, 0.5) is 23.5 Å². The SMILES string of the molecule is CNC(=O)c1cnc2c(F)cc(-c3c(F)cn4nc(N[C@@H]5CN(C)CC5(F)F)nc(OC)c34)cn12. The van der Waals surface area contributed by atoms with E-state index in [4.69, 9.17) is 4.74 Å². The first kappa shape index (κ1) is 22.8. The smallest absolute Gasteiger partial charge is 0.281 e. The van der Waals surface area contributed by atoms with Crippen molar-refractivity contribution in [2.45, 2.75) is 12.0 Å². The molecule has 0 unspecified atom stereocenters. The van der Waals surface area contributed by atoms with Gasteiger partial charge in [-0.2, -0.15) is 4.98 Å². The molecule has 0 radical (unpaired) electrons. The van der Waals surface area contributed by atoms with Crippen LogP contribution in [0, 0.1) is 11.6 Å². The zero-order chi connectivity index (χ0) is 25.1. The molecule has 4 aromatic heterocycles. The monoisotopic (exact) mass is 492 g/mol. The van der Waals surface area contributed by atoms with Gasteiger partial charge < -0.3 is 15.4 Å². The number of carbonyl (C=O) groups excluding carboxylic acids is 1. The minimum atomic E-state index is -3.02. The van der Waals surface area contributed by atoms with Crippen molar-refractivity contribution in [3.63, 3.8) is 0 Å². The van der Waals surface area contributed by atoms with Crippen molar-refractivity contribution in [1.82, 2.24) is 34.2 Å². The van der Waals surface area contributed by atoms with E-state index in [0.717, 1.165) is 16.8 Å². The van der Waals surface area contributed by atoms with Gasteiger partial charge in [-0.25, -0.2) is 27.1 Å². The molecule has 0 bridgehead atoms. The van der Waals surface area contributed by atoms with Gasteiger partial charge in [-0.1, -0.05) is 0 Å². The number of pyridine rings is 1. The summed E-state index contributed by atoms with van der Waals surface area (Å²) < 4.78 is 66.1. The second kappa shape index (κ2) is 8.08. The number of ether oxygens (including phenoxy) is 1. The van der Waals surface area contributed by atoms with E-state index in [9.17, 15) is 18.0 Å². The summed E-state index contributed by atoms with van der Waals surface area (Å²) >= 11 is 0. The first-order valence-electron chi connectivity index (χ1n) is 10.5. The summed E-state index contributed by atoms with van der Waals surface area (Å²) in [7, 11) is 4.26. The van der Waals surface area contributed by atoms with Gasteiger partial charge in [0.1, 0.15) is 17.3 Å². The third-order valence-corrected chi connectivity index (χ3v) is 5.84. The molecule has 1 atom stereocenters. The van der Waals surface area contributed by atoms with Crippen molar-refractivity contribution in [1.29, 1.82) is 0 Å². The molecule has 0 spiro atoms. The number of likely N-dealkylation sites (tertiary alicyclic amines) is 1. The summed E-state index contributed by atoms with van der Waals surface area (Å²) in [5.41, 5.74) is -0.0645. The molecule has 2 N–H and O–H groups in total. The molecule has 0 aliphatic carbocycles. The fraction of sp³-hybridized carbons (Fsp3) is 0.333. The number of amides is 1. The topological polar surface area (TPSA) is 101 Å². The summed E-state index contributed by atoms with van der Waals surface area (Å²) in [6.07, 6.45) is 3.57. The van der Waals surface area contributed by atoms with Crippen LogP contribution in [0.2, 0.25) is 0 Å². The standard InChI is InChI=1S/C21H20F4N8O2/c1-26-18(34)13-5-27-17-11(22)4-10(6-32(13)17)15-12(23)7-33-16(15)19(35-3)29-20(30-33)28-14-8-31(2)9-21(14,24)25/h4-7,14H,8-9H2,1-3H3,(H,26,34)(H,28,30)/t14-/m1/s1. The van der Waals surface area contributed by atoms with Crippen LogP contribution >= 0.6 is 0 Å². The van der Waals surface area contributed by atoms with E-state index in [2.05, 4.69) is 25.7 Å². The molecule has 14 heteroatoms. The third-order valence-electron chi connectivity index (χ3n) is 5.84. The number of aromatic nitrogens is 5. The second-order valence-corrected chi connectivity index (χ2v) is 8.24. The first-order valence-corrected chi connectivity index (χ1v) is 10.5. The summed E-state index contributed by atoms with van der Waals surface area (Å²) in [6, 6.07) is -0.190. The minimum Gasteiger partial charge on any atom is -0.479 e. The Morgan fingerprint density at radius 1 is 1.26 bits per heavy atom. The van der Waals surface area contributed by atoms with Gasteiger partial charge in [-0.05, 0) is 13.1 Å². The minimum absolute atomic E-state index is 0.0457. The predicted octanol–water partition coefficient (Wildman–Crippen LogP) is 2.05. The van der Waals surface area contributed by atoms with Crippen molar-refractivity contribution in [2.75, 3.05) is 39.6 Å². The molecule has 35 heavy (non-hydrogen) atoms. The number of hydrogen-bond donors (Lipinski definition) is 2. The lowest BCUT2D eigenvalue weighted by Crippen LogP contribution is -2.38. The van der Waals surface area contributed by atoms with Gasteiger partial charge in [0.15, 0.2) is 17.3 Å². The maximum Gasteiger partial charge on any atom is 0.281 e. The molecule has 0 saturated carbocycles. The highest BCUT2D eigenvalue weighted by Gasteiger charge is 2.47. The Balaban J connectivity index is 1.64. The van der Waals surface area contributed by atoms with Gasteiger partial charge in [-0.15, -0.1) is 5.10 Å². The lowest BCUT2D eigenvalue weighted by atomic mass is 10.1. The number of imidazole rings is 1. The molecule has 1 amide bonds. The van der Waals surface area contributed by atoms with Crippen LogP contribution in [0.25, 0.3) is 22.3 Å². The molecule has 184 valence electrons. The Kier molecular flexibility index (Phi) is 5.27. The van der Waals surface area contributed by atoms with Crippen molar-refractivity contribution in [3.05, 3.63) is 42.0 Å². The number of nitrogens with one attached hydrogen (secondary N) is 2. The highest BCUT2D eigenvalue weighted by Crippen LogP contribution is 2.36. The predicted molar refractivity (Wildman–Crippen MR) is 117 cm³/mol. The van der Waals surface area contributed by atoms with Crippen molar-refractivity contribution in [3.8, 4) is 17.0 Å². The maximum atomic E-state index is 15.2. The number of halogens is 4. The van der Waals surface area contributed by atoms with E-state index >= 15 is 4.39 Å². The molecule has 0 aromatic carbocycles. The first-order chi connectivity index (χ1) is 16.6. The van der Waals surface area contributed by atoms with Crippen LogP contribution in [0.5, 0.6) is 5.88 Å². The molecule has 10 nitrogen and oxygen atoms in total. The number of nitrogens with zero attached hydrogens (tertiary/aromatic N) is 6. The average molecular weight is 492 g/mol.